The molecule has 0 unspecified atom stereocenters. The number of rotatable bonds is 4. The van der Waals surface area contributed by atoms with E-state index in [2.05, 4.69) is 0 Å². The Labute approximate surface area is 73.4 Å². The first kappa shape index (κ1) is 8.85. The molecule has 1 rings (SSSR count). The van der Waals surface area contributed by atoms with E-state index in [4.69, 9.17) is 0 Å². The van der Waals surface area contributed by atoms with Gasteiger partial charge in [0, 0.05) is 5.56 Å². The third kappa shape index (κ3) is 2.42. The van der Waals surface area contributed by atoms with Crippen molar-refractivity contribution in [2.75, 3.05) is 0 Å². The van der Waals surface area contributed by atoms with Crippen LogP contribution in [-0.2, 0) is 0 Å². The average molecular weight is 161 g/mol. The average Bonchev–Trinajstić information content (AvgIpc) is 2.15. The van der Waals surface area contributed by atoms with E-state index >= 15 is 0 Å². The molecule has 0 aliphatic carbocycles. The number of hydrogen-bond donors (Lipinski definition) is 0. The predicted molar refractivity (Wildman–Crippen MR) is 50.0 cm³/mol. The summed E-state index contributed by atoms with van der Waals surface area (Å²) in [5.74, 6) is 0.206. The first-order chi connectivity index (χ1) is 5.84. The zero-order chi connectivity index (χ0) is 8.81. The van der Waals surface area contributed by atoms with Gasteiger partial charge in [0.2, 0.25) is 5.78 Å². The molecular weight excluding hydrogens is 148 g/mol. The summed E-state index contributed by atoms with van der Waals surface area (Å²) in [6.45, 7) is 2.04. The molecule has 1 aromatic rings. The van der Waals surface area contributed by atoms with Crippen LogP contribution in [0.4, 0.5) is 0 Å². The Bertz CT molecular complexity index is 238. The number of Topliss-reactive ketones (excluding diaryl/α,β-unsaturated/α-hetero) is 1. The first-order valence-corrected chi connectivity index (χ1v) is 4.24. The van der Waals surface area contributed by atoms with Crippen molar-refractivity contribution < 1.29 is 4.79 Å². The Balaban J connectivity index is 2.54. The molecule has 0 heterocycles. The molecule has 1 aromatic carbocycles. The fourth-order valence-electron chi connectivity index (χ4n) is 1.02. The molecule has 62 valence electrons. The molecule has 0 saturated heterocycles. The number of ketones is 1. The van der Waals surface area contributed by atoms with E-state index in [1.54, 1.807) is 0 Å². The van der Waals surface area contributed by atoms with Gasteiger partial charge in [-0.1, -0.05) is 30.3 Å². The summed E-state index contributed by atoms with van der Waals surface area (Å²) in [6.07, 6.45) is 3.51. The molecule has 0 aromatic heterocycles. The summed E-state index contributed by atoms with van der Waals surface area (Å²) in [5, 5.41) is 0. The number of unbranched alkanes of at least 4 members (excludes halogenated alkanes) is 1. The molecule has 0 aliphatic rings. The number of hydrogen-bond acceptors (Lipinski definition) is 1. The van der Waals surface area contributed by atoms with Crippen LogP contribution in [0.3, 0.4) is 0 Å². The van der Waals surface area contributed by atoms with E-state index in [9.17, 15) is 4.79 Å². The molecule has 0 saturated carbocycles. The van der Waals surface area contributed by atoms with E-state index < -0.39 is 0 Å². The first-order valence-electron chi connectivity index (χ1n) is 4.24. The third-order valence-corrected chi connectivity index (χ3v) is 1.71. The lowest BCUT2D eigenvalue weighted by Crippen LogP contribution is -1.97. The summed E-state index contributed by atoms with van der Waals surface area (Å²) < 4.78 is 0. The SMILES string of the molecule is CC[CH+]CC(=O)c1ccccc1. The van der Waals surface area contributed by atoms with Crippen molar-refractivity contribution in [3.05, 3.63) is 42.3 Å². The van der Waals surface area contributed by atoms with Crippen molar-refractivity contribution in [2.45, 2.75) is 19.8 Å². The van der Waals surface area contributed by atoms with Gasteiger partial charge in [0.1, 0.15) is 0 Å². The van der Waals surface area contributed by atoms with E-state index in [1.807, 2.05) is 43.7 Å². The van der Waals surface area contributed by atoms with E-state index in [1.165, 1.54) is 0 Å². The second kappa shape index (κ2) is 4.60. The van der Waals surface area contributed by atoms with Gasteiger partial charge < -0.3 is 0 Å². The van der Waals surface area contributed by atoms with Crippen LogP contribution in [0.25, 0.3) is 0 Å². The van der Waals surface area contributed by atoms with Gasteiger partial charge >= 0.3 is 0 Å². The van der Waals surface area contributed by atoms with Gasteiger partial charge in [-0.2, -0.15) is 0 Å². The van der Waals surface area contributed by atoms with Gasteiger partial charge in [0.15, 0.2) is 6.42 Å². The topological polar surface area (TPSA) is 17.1 Å². The molecule has 0 fully saturated rings. The molecule has 0 radical (unpaired) electrons. The van der Waals surface area contributed by atoms with Crippen LogP contribution in [0.5, 0.6) is 0 Å². The van der Waals surface area contributed by atoms with Gasteiger partial charge in [-0.15, -0.1) is 0 Å². The standard InChI is InChI=1S/C11H13O/c1-2-3-9-11(12)10-7-5-4-6-8-10/h3-8H,2,9H2,1H3/q+1. The summed E-state index contributed by atoms with van der Waals surface area (Å²) >= 11 is 0. The van der Waals surface area contributed by atoms with Crippen molar-refractivity contribution in [3.63, 3.8) is 0 Å². The third-order valence-electron chi connectivity index (χ3n) is 1.71. The molecule has 0 N–H and O–H groups in total. The highest BCUT2D eigenvalue weighted by atomic mass is 16.1. The van der Waals surface area contributed by atoms with Crippen LogP contribution < -0.4 is 0 Å². The molecule has 1 nitrogen and oxygen atoms in total. The Kier molecular flexibility index (Phi) is 3.39. The van der Waals surface area contributed by atoms with E-state index in [-0.39, 0.29) is 5.78 Å². The minimum absolute atomic E-state index is 0.206. The number of carbonyl (C=O) groups is 1. The molecule has 0 amide bonds. The normalized spacial score (nSPS) is 9.42. The van der Waals surface area contributed by atoms with Crippen LogP contribution in [0, 0.1) is 6.42 Å². The monoisotopic (exact) mass is 161 g/mol. The van der Waals surface area contributed by atoms with Gasteiger partial charge in [-0.05, 0) is 6.92 Å². The zero-order valence-electron chi connectivity index (χ0n) is 7.29. The highest BCUT2D eigenvalue weighted by Gasteiger charge is 2.08. The van der Waals surface area contributed by atoms with Crippen LogP contribution in [0.1, 0.15) is 30.1 Å². The van der Waals surface area contributed by atoms with Crippen LogP contribution in [-0.4, -0.2) is 5.78 Å². The summed E-state index contributed by atoms with van der Waals surface area (Å²) in [7, 11) is 0. The number of benzene rings is 1. The Morgan fingerprint density at radius 3 is 2.58 bits per heavy atom. The lowest BCUT2D eigenvalue weighted by molar-refractivity contribution is 0.0991. The predicted octanol–water partition coefficient (Wildman–Crippen LogP) is 2.87. The highest BCUT2D eigenvalue weighted by molar-refractivity contribution is 5.96. The largest absolute Gasteiger partial charge is 0.289 e. The van der Waals surface area contributed by atoms with Crippen molar-refractivity contribution >= 4 is 5.78 Å². The molecular formula is C11H13O+. The van der Waals surface area contributed by atoms with E-state index in [0.29, 0.717) is 6.42 Å². The maximum atomic E-state index is 11.4. The van der Waals surface area contributed by atoms with Gasteiger partial charge in [0.25, 0.3) is 0 Å². The summed E-state index contributed by atoms with van der Waals surface area (Å²) in [6, 6.07) is 9.40. The fourth-order valence-corrected chi connectivity index (χ4v) is 1.02. The maximum absolute atomic E-state index is 11.4. The quantitative estimate of drug-likeness (QED) is 0.490. The molecule has 0 bridgehead atoms. The van der Waals surface area contributed by atoms with Gasteiger partial charge in [0.05, 0.1) is 12.8 Å². The Morgan fingerprint density at radius 1 is 1.33 bits per heavy atom. The maximum Gasteiger partial charge on any atom is 0.207 e. The van der Waals surface area contributed by atoms with Crippen LogP contribution in [0.15, 0.2) is 30.3 Å². The van der Waals surface area contributed by atoms with Crippen molar-refractivity contribution in [3.8, 4) is 0 Å². The highest BCUT2D eigenvalue weighted by Crippen LogP contribution is 2.05. The summed E-state index contributed by atoms with van der Waals surface area (Å²) in [4.78, 5) is 11.4. The smallest absolute Gasteiger partial charge is 0.207 e. The minimum atomic E-state index is 0.206. The Hall–Kier alpha value is -1.24. The van der Waals surface area contributed by atoms with Crippen LogP contribution >= 0.6 is 0 Å². The van der Waals surface area contributed by atoms with Crippen molar-refractivity contribution in [2.24, 2.45) is 0 Å². The van der Waals surface area contributed by atoms with E-state index in [0.717, 1.165) is 12.0 Å². The Morgan fingerprint density at radius 2 is 2.00 bits per heavy atom. The molecule has 1 heteroatoms. The summed E-state index contributed by atoms with van der Waals surface area (Å²) in [5.41, 5.74) is 0.808. The second-order valence-electron chi connectivity index (χ2n) is 2.69. The van der Waals surface area contributed by atoms with Gasteiger partial charge in [-0.3, -0.25) is 4.79 Å². The zero-order valence-corrected chi connectivity index (χ0v) is 7.29. The fraction of sp³-hybridized carbons (Fsp3) is 0.273. The number of carbonyl (C=O) groups excluding carboxylic acids is 1. The lowest BCUT2D eigenvalue weighted by Gasteiger charge is -1.93. The lowest BCUT2D eigenvalue weighted by atomic mass is 10.1. The van der Waals surface area contributed by atoms with Crippen molar-refractivity contribution in [1.29, 1.82) is 0 Å². The van der Waals surface area contributed by atoms with Crippen molar-refractivity contribution in [1.82, 2.24) is 0 Å². The van der Waals surface area contributed by atoms with Gasteiger partial charge in [-0.25, -0.2) is 0 Å². The second-order valence-corrected chi connectivity index (χ2v) is 2.69. The molecule has 0 atom stereocenters. The molecule has 0 aliphatic heterocycles. The minimum Gasteiger partial charge on any atom is -0.289 e. The molecule has 0 spiro atoms. The molecule has 12 heavy (non-hydrogen) atoms. The van der Waals surface area contributed by atoms with Crippen LogP contribution in [0.2, 0.25) is 0 Å².